The molecule has 0 saturated heterocycles. The van der Waals surface area contributed by atoms with Crippen LogP contribution in [0.1, 0.15) is 206 Å². The van der Waals surface area contributed by atoms with Gasteiger partial charge < -0.3 is 39.9 Å². The number of rotatable bonds is 43. The van der Waals surface area contributed by atoms with E-state index >= 15 is 0 Å². The summed E-state index contributed by atoms with van der Waals surface area (Å²) in [4.78, 5) is 23.2. The van der Waals surface area contributed by atoms with Gasteiger partial charge in [0.25, 0.3) is 0 Å². The number of carbonyl (C=O) groups is 1. The second-order valence-electron chi connectivity index (χ2n) is 17.6. The number of phosphoric ester groups is 1. The summed E-state index contributed by atoms with van der Waals surface area (Å²) in [6.07, 6.45) is 39.1. The summed E-state index contributed by atoms with van der Waals surface area (Å²) in [5.41, 5.74) is 0. The Hall–Kier alpha value is -1.70. The molecule has 0 heterocycles. The summed E-state index contributed by atoms with van der Waals surface area (Å²) in [5.74, 6) is -0.515. The van der Waals surface area contributed by atoms with Gasteiger partial charge >= 0.3 is 13.8 Å². The van der Waals surface area contributed by atoms with E-state index in [4.69, 9.17) is 18.5 Å². The lowest BCUT2D eigenvalue weighted by Crippen LogP contribution is -2.64. The number of aliphatic hydroxyl groups is 5. The SMILES string of the molecule is CC/C=C\C/C=C\C/C=C\C/C=C\CCCCC(=O)OC(COCCCCCCCCCCCCCCCCCCCCCCCC)COP(=O)(O)OC1C(O)C(O)C(O)C(O)C1O. The van der Waals surface area contributed by atoms with E-state index in [9.17, 15) is 39.8 Å². The highest BCUT2D eigenvalue weighted by Gasteiger charge is 2.51. The van der Waals surface area contributed by atoms with Crippen molar-refractivity contribution >= 4 is 13.8 Å². The minimum Gasteiger partial charge on any atom is -0.457 e. The molecule has 6 N–H and O–H groups in total. The molecular weight excluding hydrogens is 836 g/mol. The first-order valence-corrected chi connectivity index (χ1v) is 27.0. The Labute approximate surface area is 388 Å². The molecule has 0 spiro atoms. The predicted molar refractivity (Wildman–Crippen MR) is 258 cm³/mol. The fourth-order valence-electron chi connectivity index (χ4n) is 7.70. The van der Waals surface area contributed by atoms with Crippen molar-refractivity contribution in [3.8, 4) is 0 Å². The van der Waals surface area contributed by atoms with Gasteiger partial charge in [0.15, 0.2) is 0 Å². The van der Waals surface area contributed by atoms with Crippen LogP contribution in [0.3, 0.4) is 0 Å². The molecule has 64 heavy (non-hydrogen) atoms. The minimum atomic E-state index is -5.03. The summed E-state index contributed by atoms with van der Waals surface area (Å²) in [6, 6.07) is 0. The zero-order valence-corrected chi connectivity index (χ0v) is 41.0. The summed E-state index contributed by atoms with van der Waals surface area (Å²) >= 11 is 0. The number of hydrogen-bond acceptors (Lipinski definition) is 11. The number of allylic oxidation sites excluding steroid dienone is 8. The maximum atomic E-state index is 12.8. The molecule has 0 aliphatic heterocycles. The maximum Gasteiger partial charge on any atom is 0.472 e. The lowest BCUT2D eigenvalue weighted by molar-refractivity contribution is -0.220. The van der Waals surface area contributed by atoms with Crippen LogP contribution in [0.5, 0.6) is 0 Å². The van der Waals surface area contributed by atoms with E-state index in [1.165, 1.54) is 122 Å². The molecule has 12 nitrogen and oxygen atoms in total. The molecule has 374 valence electrons. The molecule has 1 aliphatic rings. The highest BCUT2D eigenvalue weighted by molar-refractivity contribution is 7.47. The van der Waals surface area contributed by atoms with Crippen molar-refractivity contribution in [3.05, 3.63) is 48.6 Å². The van der Waals surface area contributed by atoms with Crippen LogP contribution >= 0.6 is 7.82 Å². The van der Waals surface area contributed by atoms with Crippen molar-refractivity contribution in [2.75, 3.05) is 19.8 Å². The predicted octanol–water partition coefficient (Wildman–Crippen LogP) is 11.2. The number of unbranched alkanes of at least 4 members (excludes halogenated alkanes) is 23. The van der Waals surface area contributed by atoms with Gasteiger partial charge in [0.05, 0.1) is 13.2 Å². The quantitative estimate of drug-likeness (QED) is 0.0147. The van der Waals surface area contributed by atoms with Crippen molar-refractivity contribution in [1.29, 1.82) is 0 Å². The van der Waals surface area contributed by atoms with E-state index < -0.39 is 63.1 Å². The smallest absolute Gasteiger partial charge is 0.457 e. The van der Waals surface area contributed by atoms with Crippen LogP contribution in [-0.4, -0.2) is 98.9 Å². The Kier molecular flexibility index (Phi) is 39.1. The average molecular weight is 929 g/mol. The van der Waals surface area contributed by atoms with E-state index in [1.807, 2.05) is 0 Å². The third-order valence-corrected chi connectivity index (χ3v) is 12.7. The molecule has 1 aliphatic carbocycles. The third kappa shape index (κ3) is 32.9. The first-order valence-electron chi connectivity index (χ1n) is 25.5. The lowest BCUT2D eigenvalue weighted by atomic mass is 9.85. The second kappa shape index (κ2) is 41.5. The summed E-state index contributed by atoms with van der Waals surface area (Å²) in [7, 11) is -5.03. The van der Waals surface area contributed by atoms with E-state index in [0.717, 1.165) is 57.8 Å². The molecule has 0 bridgehead atoms. The van der Waals surface area contributed by atoms with Gasteiger partial charge in [-0.25, -0.2) is 4.57 Å². The first kappa shape index (κ1) is 60.3. The third-order valence-electron chi connectivity index (χ3n) is 11.7. The van der Waals surface area contributed by atoms with Crippen molar-refractivity contribution in [2.45, 2.75) is 249 Å². The molecule has 1 saturated carbocycles. The Morgan fingerprint density at radius 1 is 0.516 bits per heavy atom. The molecular formula is C51H93O12P. The van der Waals surface area contributed by atoms with Crippen LogP contribution in [0.15, 0.2) is 48.6 Å². The van der Waals surface area contributed by atoms with E-state index in [1.54, 1.807) is 0 Å². The van der Waals surface area contributed by atoms with Crippen LogP contribution in [0.25, 0.3) is 0 Å². The van der Waals surface area contributed by atoms with Gasteiger partial charge in [-0.1, -0.05) is 197 Å². The highest BCUT2D eigenvalue weighted by atomic mass is 31.2. The van der Waals surface area contributed by atoms with Gasteiger partial charge in [-0.3, -0.25) is 13.8 Å². The Balaban J connectivity index is 2.34. The average Bonchev–Trinajstić information content (AvgIpc) is 3.28. The zero-order chi connectivity index (χ0) is 46.9. The van der Waals surface area contributed by atoms with Gasteiger partial charge in [-0.15, -0.1) is 0 Å². The van der Waals surface area contributed by atoms with Gasteiger partial charge in [-0.2, -0.15) is 0 Å². The molecule has 6 unspecified atom stereocenters. The minimum absolute atomic E-state index is 0.0920. The number of hydrogen-bond donors (Lipinski definition) is 6. The van der Waals surface area contributed by atoms with Gasteiger partial charge in [0.2, 0.25) is 0 Å². The molecule has 6 atom stereocenters. The largest absolute Gasteiger partial charge is 0.472 e. The van der Waals surface area contributed by atoms with Crippen molar-refractivity contribution < 1.29 is 58.3 Å². The fourth-order valence-corrected chi connectivity index (χ4v) is 8.67. The standard InChI is InChI=1S/C51H93O12P/c1-3-5-7-9-11-13-15-17-19-20-21-22-23-24-25-27-29-31-33-35-37-39-41-60-42-44(43-61-64(58,59)63-51-49(56)47(54)46(53)48(55)50(51)57)62-45(52)40-38-36-34-32-30-28-26-18-16-14-12-10-8-6-4-2/h6,8,12,14,18,26,30,32,44,46-51,53-57H,3-5,7,9-11,13,15-17,19-25,27-29,31,33-43H2,1-2H3,(H,58,59)/b8-6-,14-12-,26-18-,32-30-. The molecule has 0 aromatic carbocycles. The Morgan fingerprint density at radius 2 is 0.922 bits per heavy atom. The topological polar surface area (TPSA) is 192 Å². The van der Waals surface area contributed by atoms with Crippen LogP contribution in [0, 0.1) is 0 Å². The molecule has 0 amide bonds. The first-order chi connectivity index (χ1) is 31.0. The highest BCUT2D eigenvalue weighted by Crippen LogP contribution is 2.47. The van der Waals surface area contributed by atoms with Crippen LogP contribution in [0.4, 0.5) is 0 Å². The molecule has 0 aromatic heterocycles. The zero-order valence-electron chi connectivity index (χ0n) is 40.1. The number of esters is 1. The lowest BCUT2D eigenvalue weighted by Gasteiger charge is -2.41. The molecule has 13 heteroatoms. The summed E-state index contributed by atoms with van der Waals surface area (Å²) in [6.45, 7) is 4.12. The van der Waals surface area contributed by atoms with Crippen LogP contribution in [0.2, 0.25) is 0 Å². The molecule has 0 radical (unpaired) electrons. The van der Waals surface area contributed by atoms with E-state index in [2.05, 4.69) is 62.5 Å². The fraction of sp³-hybridized carbons (Fsp3) is 0.824. The normalized spacial score (nSPS) is 22.1. The number of ether oxygens (including phenoxy) is 2. The van der Waals surface area contributed by atoms with Crippen molar-refractivity contribution in [2.24, 2.45) is 0 Å². The van der Waals surface area contributed by atoms with E-state index in [-0.39, 0.29) is 13.0 Å². The monoisotopic (exact) mass is 929 g/mol. The Morgan fingerprint density at radius 3 is 1.38 bits per heavy atom. The van der Waals surface area contributed by atoms with Crippen molar-refractivity contribution in [3.63, 3.8) is 0 Å². The van der Waals surface area contributed by atoms with Gasteiger partial charge in [0.1, 0.15) is 42.7 Å². The van der Waals surface area contributed by atoms with Crippen LogP contribution < -0.4 is 0 Å². The number of carbonyl (C=O) groups excluding carboxylic acids is 1. The van der Waals surface area contributed by atoms with Crippen LogP contribution in [-0.2, 0) is 27.9 Å². The molecule has 1 rings (SSSR count). The van der Waals surface area contributed by atoms with Crippen molar-refractivity contribution in [1.82, 2.24) is 0 Å². The number of phosphoric acid groups is 1. The van der Waals surface area contributed by atoms with Gasteiger partial charge in [0, 0.05) is 13.0 Å². The Bertz CT molecular complexity index is 1240. The number of aliphatic hydroxyl groups excluding tert-OH is 5. The second-order valence-corrected chi connectivity index (χ2v) is 19.1. The summed E-state index contributed by atoms with van der Waals surface area (Å²) in [5, 5.41) is 50.3. The molecule has 0 aromatic rings. The molecule has 1 fully saturated rings. The van der Waals surface area contributed by atoms with E-state index in [0.29, 0.717) is 13.0 Å². The maximum absolute atomic E-state index is 12.8. The summed E-state index contributed by atoms with van der Waals surface area (Å²) < 4.78 is 34.2. The van der Waals surface area contributed by atoms with Gasteiger partial charge in [-0.05, 0) is 51.4 Å².